The number of carbonyl (C=O) groups is 1. The number of nitrogens with two attached hydrogens (primary N) is 1. The van der Waals surface area contributed by atoms with Crippen molar-refractivity contribution >= 4 is 5.91 Å². The fourth-order valence-corrected chi connectivity index (χ4v) is 1.12. The molecule has 3 N–H and O–H groups in total. The van der Waals surface area contributed by atoms with E-state index in [0.717, 1.165) is 0 Å². The predicted octanol–water partition coefficient (Wildman–Crippen LogP) is -0.178. The van der Waals surface area contributed by atoms with Crippen LogP contribution in [-0.2, 0) is 11.3 Å². The molecule has 0 aromatic carbocycles. The van der Waals surface area contributed by atoms with Gasteiger partial charge in [-0.2, -0.15) is 0 Å². The molecule has 84 valence electrons. The van der Waals surface area contributed by atoms with E-state index in [9.17, 15) is 4.79 Å². The molecule has 1 amide bonds. The molecule has 1 rings (SSSR count). The number of hydrogen-bond acceptors (Lipinski definition) is 4. The van der Waals surface area contributed by atoms with Gasteiger partial charge >= 0.3 is 0 Å². The van der Waals surface area contributed by atoms with Gasteiger partial charge in [-0.25, -0.2) is 4.68 Å². The Balaban J connectivity index is 2.67. The van der Waals surface area contributed by atoms with Crippen LogP contribution in [0, 0.1) is 0 Å². The second-order valence-corrected chi connectivity index (χ2v) is 3.73. The average Bonchev–Trinajstić information content (AvgIpc) is 2.63. The standard InChI is InChI=1S/C9H17N5O/c1-6(2)11-9(15)7(3)14-5-8(4-10)12-13-14/h5-7H,4,10H2,1-3H3,(H,11,15). The topological polar surface area (TPSA) is 85.8 Å². The van der Waals surface area contributed by atoms with E-state index in [1.54, 1.807) is 13.1 Å². The lowest BCUT2D eigenvalue weighted by molar-refractivity contribution is -0.124. The van der Waals surface area contributed by atoms with E-state index in [1.165, 1.54) is 4.68 Å². The van der Waals surface area contributed by atoms with Crippen molar-refractivity contribution in [3.05, 3.63) is 11.9 Å². The third-order valence-corrected chi connectivity index (χ3v) is 1.97. The predicted molar refractivity (Wildman–Crippen MR) is 55.9 cm³/mol. The monoisotopic (exact) mass is 211 g/mol. The minimum Gasteiger partial charge on any atom is -0.352 e. The molecule has 6 nitrogen and oxygen atoms in total. The summed E-state index contributed by atoms with van der Waals surface area (Å²) in [4.78, 5) is 11.6. The quantitative estimate of drug-likeness (QED) is 0.723. The highest BCUT2D eigenvalue weighted by molar-refractivity contribution is 5.79. The maximum Gasteiger partial charge on any atom is 0.244 e. The fraction of sp³-hybridized carbons (Fsp3) is 0.667. The van der Waals surface area contributed by atoms with Crippen LogP contribution in [0.25, 0.3) is 0 Å². The summed E-state index contributed by atoms with van der Waals surface area (Å²) in [5.74, 6) is -0.0709. The van der Waals surface area contributed by atoms with E-state index < -0.39 is 0 Å². The van der Waals surface area contributed by atoms with Crippen LogP contribution in [0.1, 0.15) is 32.5 Å². The molecular formula is C9H17N5O. The van der Waals surface area contributed by atoms with Crippen LogP contribution in [0.15, 0.2) is 6.20 Å². The molecule has 15 heavy (non-hydrogen) atoms. The normalized spacial score (nSPS) is 12.9. The number of nitrogens with zero attached hydrogens (tertiary/aromatic N) is 3. The average molecular weight is 211 g/mol. The van der Waals surface area contributed by atoms with Gasteiger partial charge in [0.15, 0.2) is 0 Å². The molecule has 0 radical (unpaired) electrons. The molecule has 0 fully saturated rings. The Bertz CT molecular complexity index is 333. The van der Waals surface area contributed by atoms with Crippen molar-refractivity contribution in [1.82, 2.24) is 20.3 Å². The first-order valence-electron chi connectivity index (χ1n) is 4.95. The Hall–Kier alpha value is -1.43. The van der Waals surface area contributed by atoms with Crippen molar-refractivity contribution in [1.29, 1.82) is 0 Å². The second-order valence-electron chi connectivity index (χ2n) is 3.73. The second kappa shape index (κ2) is 4.88. The molecule has 6 heteroatoms. The number of aromatic nitrogens is 3. The summed E-state index contributed by atoms with van der Waals surface area (Å²) in [6, 6.07) is -0.238. The van der Waals surface area contributed by atoms with Crippen molar-refractivity contribution in [2.24, 2.45) is 5.73 Å². The Kier molecular flexibility index (Phi) is 3.79. The molecule has 0 saturated carbocycles. The highest BCUT2D eigenvalue weighted by Crippen LogP contribution is 2.04. The van der Waals surface area contributed by atoms with E-state index in [1.807, 2.05) is 13.8 Å². The molecule has 0 aliphatic rings. The summed E-state index contributed by atoms with van der Waals surface area (Å²) >= 11 is 0. The van der Waals surface area contributed by atoms with Crippen molar-refractivity contribution in [3.63, 3.8) is 0 Å². The number of rotatable bonds is 4. The van der Waals surface area contributed by atoms with Gasteiger partial charge in [0.05, 0.1) is 11.9 Å². The molecule has 0 bridgehead atoms. The van der Waals surface area contributed by atoms with E-state index in [4.69, 9.17) is 5.73 Å². The Morgan fingerprint density at radius 1 is 1.60 bits per heavy atom. The first-order valence-corrected chi connectivity index (χ1v) is 4.95. The van der Waals surface area contributed by atoms with Crippen LogP contribution in [0.5, 0.6) is 0 Å². The summed E-state index contributed by atoms with van der Waals surface area (Å²) in [5, 5.41) is 10.5. The number of carbonyl (C=O) groups excluding carboxylic acids is 1. The molecule has 1 unspecified atom stereocenters. The van der Waals surface area contributed by atoms with Crippen LogP contribution >= 0.6 is 0 Å². The SMILES string of the molecule is CC(C)NC(=O)C(C)n1cc(CN)nn1. The van der Waals surface area contributed by atoms with Crippen LogP contribution < -0.4 is 11.1 Å². The van der Waals surface area contributed by atoms with Crippen LogP contribution in [0.4, 0.5) is 0 Å². The third-order valence-electron chi connectivity index (χ3n) is 1.97. The summed E-state index contributed by atoms with van der Waals surface area (Å²) in [7, 11) is 0. The van der Waals surface area contributed by atoms with Gasteiger partial charge in [-0.3, -0.25) is 4.79 Å². The lowest BCUT2D eigenvalue weighted by atomic mass is 10.3. The highest BCUT2D eigenvalue weighted by Gasteiger charge is 2.16. The lowest BCUT2D eigenvalue weighted by Crippen LogP contribution is -2.35. The van der Waals surface area contributed by atoms with Gasteiger partial charge in [-0.1, -0.05) is 5.21 Å². The Morgan fingerprint density at radius 2 is 2.27 bits per heavy atom. The third kappa shape index (κ3) is 3.02. The van der Waals surface area contributed by atoms with Crippen molar-refractivity contribution < 1.29 is 4.79 Å². The number of amides is 1. The first kappa shape index (κ1) is 11.6. The van der Waals surface area contributed by atoms with Crippen molar-refractivity contribution in [2.45, 2.75) is 39.4 Å². The lowest BCUT2D eigenvalue weighted by Gasteiger charge is -2.13. The maximum absolute atomic E-state index is 11.6. The Labute approximate surface area is 88.8 Å². The number of nitrogens with one attached hydrogen (secondary N) is 1. The van der Waals surface area contributed by atoms with E-state index in [-0.39, 0.29) is 18.0 Å². The molecule has 0 aliphatic heterocycles. The van der Waals surface area contributed by atoms with Crippen LogP contribution in [-0.4, -0.2) is 26.9 Å². The van der Waals surface area contributed by atoms with Gasteiger partial charge in [0, 0.05) is 12.6 Å². The van der Waals surface area contributed by atoms with Crippen molar-refractivity contribution in [2.75, 3.05) is 0 Å². The minimum absolute atomic E-state index is 0.0709. The fourth-order valence-electron chi connectivity index (χ4n) is 1.12. The molecule has 1 aromatic heterocycles. The summed E-state index contributed by atoms with van der Waals surface area (Å²) in [5.41, 5.74) is 6.08. The van der Waals surface area contributed by atoms with Gasteiger partial charge in [-0.15, -0.1) is 5.10 Å². The molecular weight excluding hydrogens is 194 g/mol. The van der Waals surface area contributed by atoms with Crippen LogP contribution in [0.3, 0.4) is 0 Å². The zero-order valence-corrected chi connectivity index (χ0v) is 9.27. The zero-order chi connectivity index (χ0) is 11.4. The molecule has 1 atom stereocenters. The molecule has 1 heterocycles. The molecule has 0 saturated heterocycles. The minimum atomic E-state index is -0.361. The van der Waals surface area contributed by atoms with Crippen molar-refractivity contribution in [3.8, 4) is 0 Å². The molecule has 0 aliphatic carbocycles. The maximum atomic E-state index is 11.6. The van der Waals surface area contributed by atoms with Gasteiger partial charge in [0.2, 0.25) is 5.91 Å². The van der Waals surface area contributed by atoms with Gasteiger partial charge < -0.3 is 11.1 Å². The summed E-state index contributed by atoms with van der Waals surface area (Å²) < 4.78 is 1.51. The summed E-state index contributed by atoms with van der Waals surface area (Å²) in [6.45, 7) is 5.93. The first-order chi connectivity index (χ1) is 7.04. The zero-order valence-electron chi connectivity index (χ0n) is 9.27. The number of hydrogen-bond donors (Lipinski definition) is 2. The van der Waals surface area contributed by atoms with E-state index in [2.05, 4.69) is 15.6 Å². The molecule has 1 aromatic rings. The Morgan fingerprint density at radius 3 is 2.73 bits per heavy atom. The highest BCUT2D eigenvalue weighted by atomic mass is 16.2. The van der Waals surface area contributed by atoms with Gasteiger partial charge in [0.1, 0.15) is 6.04 Å². The van der Waals surface area contributed by atoms with Gasteiger partial charge in [-0.05, 0) is 20.8 Å². The van der Waals surface area contributed by atoms with Gasteiger partial charge in [0.25, 0.3) is 0 Å². The van der Waals surface area contributed by atoms with E-state index in [0.29, 0.717) is 12.2 Å². The van der Waals surface area contributed by atoms with E-state index >= 15 is 0 Å². The summed E-state index contributed by atoms with van der Waals surface area (Å²) in [6.07, 6.45) is 1.69. The smallest absolute Gasteiger partial charge is 0.244 e. The molecule has 0 spiro atoms. The largest absolute Gasteiger partial charge is 0.352 e. The van der Waals surface area contributed by atoms with Crippen LogP contribution in [0.2, 0.25) is 0 Å².